The Morgan fingerprint density at radius 2 is 1.69 bits per heavy atom. The molecule has 1 unspecified atom stereocenters. The fourth-order valence-corrected chi connectivity index (χ4v) is 1.21. The predicted octanol–water partition coefficient (Wildman–Crippen LogP) is 0.662. The molecule has 2 radical (unpaired) electrons. The molecule has 2 N–H and O–H groups in total. The van der Waals surface area contributed by atoms with Crippen LogP contribution in [0.2, 0.25) is 0 Å². The van der Waals surface area contributed by atoms with Crippen LogP contribution >= 0.6 is 11.8 Å². The third-order valence-electron chi connectivity index (χ3n) is 0.953. The molecule has 0 aromatic rings. The van der Waals surface area contributed by atoms with Gasteiger partial charge in [0.05, 0.1) is 12.2 Å². The van der Waals surface area contributed by atoms with E-state index in [1.54, 1.807) is 6.92 Å². The number of aliphatic carboxylic acids is 2. The van der Waals surface area contributed by atoms with Crippen molar-refractivity contribution >= 4 is 23.7 Å². The summed E-state index contributed by atoms with van der Waals surface area (Å²) in [6, 6.07) is 0. The van der Waals surface area contributed by atoms with Crippen molar-refractivity contribution in [2.75, 3.05) is 5.75 Å². The molecule has 0 aliphatic carbocycles. The monoisotopic (exact) mass is 356 g/mol. The normalized spacial score (nSPS) is 10.5. The van der Waals surface area contributed by atoms with E-state index in [9.17, 15) is 9.59 Å². The Morgan fingerprint density at radius 3 is 2.00 bits per heavy atom. The first-order valence-corrected chi connectivity index (χ1v) is 4.12. The average molecular weight is 356 g/mol. The Morgan fingerprint density at radius 1 is 1.23 bits per heavy atom. The summed E-state index contributed by atoms with van der Waals surface area (Å²) < 4.78 is 0. The van der Waals surface area contributed by atoms with Crippen molar-refractivity contribution in [2.24, 2.45) is 0 Å². The molecule has 0 spiro atoms. The summed E-state index contributed by atoms with van der Waals surface area (Å²) in [4.78, 5) is 20.1. The van der Waals surface area contributed by atoms with Gasteiger partial charge in [0.1, 0.15) is 0 Å². The molecule has 0 aliphatic heterocycles. The fraction of sp³-hybridized carbons (Fsp3) is 0.667. The molecule has 0 amide bonds. The predicted molar refractivity (Wildman–Crippen MR) is 41.8 cm³/mol. The third-order valence-corrected chi connectivity index (χ3v) is 2.10. The van der Waals surface area contributed by atoms with E-state index >= 15 is 0 Å². The SMILES string of the molecule is CC(CC(=O)O)SCC(=O)O.[Y].[Y]. The van der Waals surface area contributed by atoms with Gasteiger partial charge in [-0.2, -0.15) is 0 Å². The summed E-state index contributed by atoms with van der Waals surface area (Å²) in [5.41, 5.74) is 0. The van der Waals surface area contributed by atoms with E-state index in [1.807, 2.05) is 0 Å². The molecule has 0 fully saturated rings. The molecule has 0 aliphatic rings. The molecule has 0 heterocycles. The number of hydrogen-bond acceptors (Lipinski definition) is 3. The van der Waals surface area contributed by atoms with Crippen molar-refractivity contribution in [3.8, 4) is 0 Å². The summed E-state index contributed by atoms with van der Waals surface area (Å²) in [5, 5.41) is 16.4. The minimum Gasteiger partial charge on any atom is -0.481 e. The van der Waals surface area contributed by atoms with Crippen LogP contribution < -0.4 is 0 Å². The number of rotatable bonds is 5. The third kappa shape index (κ3) is 16.2. The Labute approximate surface area is 131 Å². The Kier molecular flexibility index (Phi) is 17.8. The van der Waals surface area contributed by atoms with Crippen LogP contribution in [0.5, 0.6) is 0 Å². The molecular formula is C6H10O4SY2. The minimum absolute atomic E-state index is 0. The van der Waals surface area contributed by atoms with Gasteiger partial charge in [-0.05, 0) is 0 Å². The molecule has 0 rings (SSSR count). The summed E-state index contributed by atoms with van der Waals surface area (Å²) in [5.74, 6) is -1.84. The van der Waals surface area contributed by atoms with E-state index in [0.717, 1.165) is 11.8 Å². The van der Waals surface area contributed by atoms with E-state index in [4.69, 9.17) is 10.2 Å². The van der Waals surface area contributed by atoms with Gasteiger partial charge >= 0.3 is 11.9 Å². The van der Waals surface area contributed by atoms with Gasteiger partial charge in [0, 0.05) is 70.7 Å². The standard InChI is InChI=1S/C6H10O4S.2Y/c1-4(2-5(7)8)11-3-6(9)10;;/h4H,2-3H2,1H3,(H,7,8)(H,9,10);;. The summed E-state index contributed by atoms with van der Waals surface area (Å²) in [6.07, 6.45) is 0.0119. The summed E-state index contributed by atoms with van der Waals surface area (Å²) >= 11 is 1.13. The van der Waals surface area contributed by atoms with Crippen LogP contribution in [-0.2, 0) is 75.0 Å². The molecule has 13 heavy (non-hydrogen) atoms. The van der Waals surface area contributed by atoms with Crippen LogP contribution in [0.3, 0.4) is 0 Å². The van der Waals surface area contributed by atoms with Crippen LogP contribution in [-0.4, -0.2) is 33.2 Å². The van der Waals surface area contributed by atoms with Gasteiger partial charge in [-0.15, -0.1) is 11.8 Å². The summed E-state index contributed by atoms with van der Waals surface area (Å²) in [7, 11) is 0. The smallest absolute Gasteiger partial charge is 0.313 e. The first-order valence-electron chi connectivity index (χ1n) is 3.07. The van der Waals surface area contributed by atoms with Crippen molar-refractivity contribution in [3.63, 3.8) is 0 Å². The van der Waals surface area contributed by atoms with E-state index in [0.29, 0.717) is 0 Å². The summed E-state index contributed by atoms with van der Waals surface area (Å²) in [6.45, 7) is 1.70. The number of hydrogen-bond donors (Lipinski definition) is 2. The van der Waals surface area contributed by atoms with E-state index in [2.05, 4.69) is 0 Å². The molecule has 0 aromatic carbocycles. The number of carboxylic acids is 2. The van der Waals surface area contributed by atoms with Gasteiger partial charge in [-0.25, -0.2) is 0 Å². The molecule has 1 atom stereocenters. The maximum Gasteiger partial charge on any atom is 0.313 e. The number of thioether (sulfide) groups is 1. The number of carbonyl (C=O) groups is 2. The average Bonchev–Trinajstić information content (AvgIpc) is 1.82. The van der Waals surface area contributed by atoms with Crippen LogP contribution in [0.25, 0.3) is 0 Å². The molecular weight excluding hydrogens is 346 g/mol. The van der Waals surface area contributed by atoms with Crippen molar-refractivity contribution in [3.05, 3.63) is 0 Å². The zero-order chi connectivity index (χ0) is 8.85. The van der Waals surface area contributed by atoms with Crippen molar-refractivity contribution in [1.82, 2.24) is 0 Å². The second kappa shape index (κ2) is 11.6. The van der Waals surface area contributed by atoms with E-state index < -0.39 is 11.9 Å². The molecule has 70 valence electrons. The van der Waals surface area contributed by atoms with Crippen LogP contribution in [0.15, 0.2) is 0 Å². The van der Waals surface area contributed by atoms with Gasteiger partial charge in [0.15, 0.2) is 0 Å². The van der Waals surface area contributed by atoms with Gasteiger partial charge in [-0.1, -0.05) is 6.92 Å². The molecule has 0 saturated heterocycles. The molecule has 0 saturated carbocycles. The Bertz CT molecular complexity index is 165. The first kappa shape index (κ1) is 20.0. The van der Waals surface area contributed by atoms with Gasteiger partial charge < -0.3 is 10.2 Å². The van der Waals surface area contributed by atoms with Crippen molar-refractivity contribution < 1.29 is 85.2 Å². The van der Waals surface area contributed by atoms with Crippen molar-refractivity contribution in [1.29, 1.82) is 0 Å². The van der Waals surface area contributed by atoms with Crippen molar-refractivity contribution in [2.45, 2.75) is 18.6 Å². The topological polar surface area (TPSA) is 74.6 Å². The first-order chi connectivity index (χ1) is 5.02. The maximum atomic E-state index is 10.1. The van der Waals surface area contributed by atoms with Gasteiger partial charge in [0.25, 0.3) is 0 Å². The molecule has 7 heteroatoms. The fourth-order valence-electron chi connectivity index (χ4n) is 0.518. The largest absolute Gasteiger partial charge is 0.481 e. The van der Waals surface area contributed by atoms with Crippen LogP contribution in [0.4, 0.5) is 0 Å². The maximum absolute atomic E-state index is 10.1. The quantitative estimate of drug-likeness (QED) is 0.757. The molecule has 0 aromatic heterocycles. The van der Waals surface area contributed by atoms with Crippen LogP contribution in [0, 0.1) is 0 Å². The molecule has 4 nitrogen and oxygen atoms in total. The zero-order valence-electron chi connectivity index (χ0n) is 7.27. The van der Waals surface area contributed by atoms with Gasteiger partial charge in [0.2, 0.25) is 0 Å². The van der Waals surface area contributed by atoms with E-state index in [-0.39, 0.29) is 82.8 Å². The van der Waals surface area contributed by atoms with Gasteiger partial charge in [-0.3, -0.25) is 9.59 Å². The molecule has 0 bridgehead atoms. The van der Waals surface area contributed by atoms with E-state index in [1.165, 1.54) is 0 Å². The number of carboxylic acid groups (broad SMARTS) is 2. The second-order valence-corrected chi connectivity index (χ2v) is 3.54. The zero-order valence-corrected chi connectivity index (χ0v) is 13.8. The minimum atomic E-state index is -0.910. The Balaban J connectivity index is -0.000000500. The van der Waals surface area contributed by atoms with Crippen LogP contribution in [0.1, 0.15) is 13.3 Å². The Hall–Kier alpha value is 1.50. The second-order valence-electron chi connectivity index (χ2n) is 2.11.